The largest absolute Gasteiger partial charge is 0.464 e. The first-order chi connectivity index (χ1) is 22.8. The zero-order valence-electron chi connectivity index (χ0n) is 27.0. The SMILES string of the molecule is CCOC(=O)[C@H]1CCCN1C(=O)[C@@]1(c2ccccc2)CC[C@H](C(=O)N2CCC(NC(=O)c3cccn(C)c3=O)CC2)c2ccccc21. The van der Waals surface area contributed by atoms with Crippen molar-refractivity contribution < 1.29 is 23.9 Å². The number of aromatic nitrogens is 1. The topological polar surface area (TPSA) is 118 Å². The summed E-state index contributed by atoms with van der Waals surface area (Å²) in [5.41, 5.74) is 1.20. The predicted octanol–water partition coefficient (Wildman–Crippen LogP) is 3.52. The van der Waals surface area contributed by atoms with Crippen LogP contribution in [0.5, 0.6) is 0 Å². The van der Waals surface area contributed by atoms with Gasteiger partial charge >= 0.3 is 5.97 Å². The first kappa shape index (κ1) is 32.2. The van der Waals surface area contributed by atoms with Gasteiger partial charge in [-0.2, -0.15) is 0 Å². The Labute approximate surface area is 274 Å². The molecule has 3 atom stereocenters. The number of esters is 1. The molecule has 3 heterocycles. The van der Waals surface area contributed by atoms with E-state index in [9.17, 15) is 24.0 Å². The molecular weight excluding hydrogens is 596 g/mol. The quantitative estimate of drug-likeness (QED) is 0.396. The lowest BCUT2D eigenvalue weighted by Crippen LogP contribution is -2.54. The number of fused-ring (bicyclic) bond motifs is 1. The van der Waals surface area contributed by atoms with Gasteiger partial charge in [-0.1, -0.05) is 54.6 Å². The van der Waals surface area contributed by atoms with Crippen molar-refractivity contribution in [1.82, 2.24) is 19.7 Å². The van der Waals surface area contributed by atoms with Crippen molar-refractivity contribution >= 4 is 23.7 Å². The first-order valence-corrected chi connectivity index (χ1v) is 16.6. The minimum atomic E-state index is -1.05. The van der Waals surface area contributed by atoms with Gasteiger partial charge < -0.3 is 24.4 Å². The monoisotopic (exact) mass is 638 g/mol. The lowest BCUT2D eigenvalue weighted by Gasteiger charge is -2.44. The van der Waals surface area contributed by atoms with E-state index in [1.54, 1.807) is 31.1 Å². The normalized spacial score (nSPS) is 22.8. The number of rotatable bonds is 7. The lowest BCUT2D eigenvalue weighted by molar-refractivity contribution is -0.154. The minimum absolute atomic E-state index is 0.0128. The van der Waals surface area contributed by atoms with Crippen molar-refractivity contribution in [3.05, 3.63) is 106 Å². The summed E-state index contributed by atoms with van der Waals surface area (Å²) >= 11 is 0. The number of ether oxygens (including phenoxy) is 1. The van der Waals surface area contributed by atoms with Gasteiger partial charge in [0.2, 0.25) is 11.8 Å². The number of nitrogens with one attached hydrogen (secondary N) is 1. The Morgan fingerprint density at radius 2 is 1.62 bits per heavy atom. The van der Waals surface area contributed by atoms with Crippen LogP contribution in [-0.2, 0) is 31.6 Å². The Hall–Kier alpha value is -4.73. The number of nitrogens with zero attached hydrogens (tertiary/aromatic N) is 3. The Morgan fingerprint density at radius 3 is 2.36 bits per heavy atom. The van der Waals surface area contributed by atoms with Crippen molar-refractivity contribution in [3.8, 4) is 0 Å². The molecule has 2 aliphatic heterocycles. The van der Waals surface area contributed by atoms with Crippen LogP contribution in [0.1, 0.15) is 78.4 Å². The van der Waals surface area contributed by atoms with Gasteiger partial charge in [-0.05, 0) is 74.3 Å². The molecule has 10 heteroatoms. The second-order valence-corrected chi connectivity index (χ2v) is 12.8. The molecule has 2 aromatic carbocycles. The minimum Gasteiger partial charge on any atom is -0.464 e. The van der Waals surface area contributed by atoms with E-state index in [2.05, 4.69) is 5.32 Å². The molecule has 2 saturated heterocycles. The Kier molecular flexibility index (Phi) is 9.29. The summed E-state index contributed by atoms with van der Waals surface area (Å²) in [4.78, 5) is 70.7. The van der Waals surface area contributed by atoms with Gasteiger partial charge in [-0.25, -0.2) is 4.79 Å². The molecule has 0 unspecified atom stereocenters. The summed E-state index contributed by atoms with van der Waals surface area (Å²) in [5.74, 6) is -1.30. The summed E-state index contributed by atoms with van der Waals surface area (Å²) in [5, 5.41) is 2.98. The van der Waals surface area contributed by atoms with Gasteiger partial charge in [0, 0.05) is 38.9 Å². The maximum atomic E-state index is 14.8. The summed E-state index contributed by atoms with van der Waals surface area (Å²) in [6.45, 7) is 3.46. The number of carbonyl (C=O) groups excluding carboxylic acids is 4. The van der Waals surface area contributed by atoms with Gasteiger partial charge in [-0.3, -0.25) is 19.2 Å². The van der Waals surface area contributed by atoms with E-state index in [-0.39, 0.29) is 41.6 Å². The average Bonchev–Trinajstić information content (AvgIpc) is 3.59. The molecule has 3 amide bonds. The summed E-state index contributed by atoms with van der Waals surface area (Å²) in [7, 11) is 1.61. The Balaban J connectivity index is 1.24. The highest BCUT2D eigenvalue weighted by molar-refractivity contribution is 5.97. The number of pyridine rings is 1. The molecule has 47 heavy (non-hydrogen) atoms. The number of hydrogen-bond donors (Lipinski definition) is 1. The maximum Gasteiger partial charge on any atom is 0.328 e. The van der Waals surface area contributed by atoms with E-state index in [1.807, 2.05) is 59.5 Å². The van der Waals surface area contributed by atoms with E-state index < -0.39 is 23.3 Å². The van der Waals surface area contributed by atoms with Crippen molar-refractivity contribution in [1.29, 1.82) is 0 Å². The zero-order valence-corrected chi connectivity index (χ0v) is 27.0. The molecule has 1 aliphatic carbocycles. The Bertz CT molecular complexity index is 1710. The molecule has 6 rings (SSSR count). The third kappa shape index (κ3) is 5.97. The van der Waals surface area contributed by atoms with Crippen LogP contribution in [0.3, 0.4) is 0 Å². The molecular formula is C37H42N4O6. The molecule has 1 aromatic heterocycles. The number of amides is 3. The lowest BCUT2D eigenvalue weighted by atomic mass is 9.62. The second kappa shape index (κ2) is 13.6. The highest BCUT2D eigenvalue weighted by Gasteiger charge is 2.52. The number of carbonyl (C=O) groups is 4. The van der Waals surface area contributed by atoms with Crippen molar-refractivity contribution in [2.75, 3.05) is 26.2 Å². The van der Waals surface area contributed by atoms with Crippen molar-refractivity contribution in [3.63, 3.8) is 0 Å². The fraction of sp³-hybridized carbons (Fsp3) is 0.432. The van der Waals surface area contributed by atoms with Gasteiger partial charge in [0.15, 0.2) is 0 Å². The summed E-state index contributed by atoms with van der Waals surface area (Å²) < 4.78 is 6.73. The first-order valence-electron chi connectivity index (χ1n) is 16.6. The van der Waals surface area contributed by atoms with E-state index in [0.717, 1.165) is 23.1 Å². The van der Waals surface area contributed by atoms with Gasteiger partial charge in [0.1, 0.15) is 11.6 Å². The third-order valence-corrected chi connectivity index (χ3v) is 10.1. The highest BCUT2D eigenvalue weighted by atomic mass is 16.5. The van der Waals surface area contributed by atoms with Crippen LogP contribution in [0.15, 0.2) is 77.7 Å². The molecule has 0 spiro atoms. The number of benzene rings is 2. The molecule has 0 bridgehead atoms. The molecule has 1 N–H and O–H groups in total. The van der Waals surface area contributed by atoms with Gasteiger partial charge in [0.25, 0.3) is 11.5 Å². The molecule has 3 aromatic rings. The van der Waals surface area contributed by atoms with Crippen LogP contribution in [0.2, 0.25) is 0 Å². The number of hydrogen-bond acceptors (Lipinski definition) is 6. The van der Waals surface area contributed by atoms with Crippen LogP contribution in [-0.4, -0.2) is 76.4 Å². The highest BCUT2D eigenvalue weighted by Crippen LogP contribution is 2.49. The molecule has 0 saturated carbocycles. The van der Waals surface area contributed by atoms with Crippen molar-refractivity contribution in [2.24, 2.45) is 7.05 Å². The van der Waals surface area contributed by atoms with Crippen LogP contribution < -0.4 is 10.9 Å². The van der Waals surface area contributed by atoms with Gasteiger partial charge in [-0.15, -0.1) is 0 Å². The molecule has 2 fully saturated rings. The maximum absolute atomic E-state index is 14.8. The van der Waals surface area contributed by atoms with Crippen molar-refractivity contribution in [2.45, 2.75) is 68.9 Å². The number of likely N-dealkylation sites (tertiary alicyclic amines) is 2. The molecule has 3 aliphatic rings. The van der Waals surface area contributed by atoms with Gasteiger partial charge in [0.05, 0.1) is 17.9 Å². The Morgan fingerprint density at radius 1 is 0.894 bits per heavy atom. The summed E-state index contributed by atoms with van der Waals surface area (Å²) in [6.07, 6.45) is 4.96. The smallest absolute Gasteiger partial charge is 0.328 e. The standard InChI is InChI=1S/C37H42N4O6/c1-3-47-35(45)31-16-10-22-41(31)36(46)37(25-11-5-4-6-12-25)20-17-28(27-13-7-8-15-30(27)37)34(44)40-23-18-26(19-24-40)38-32(42)29-14-9-21-39(2)33(29)43/h4-9,11-15,21,26,28,31H,3,10,16-20,22-24H2,1-2H3,(H,38,42)/t28-,31+,37+/m0/s1. The van der Waals surface area contributed by atoms with Crippen LogP contribution >= 0.6 is 0 Å². The number of piperidine rings is 1. The number of aryl methyl sites for hydroxylation is 1. The van der Waals surface area contributed by atoms with E-state index >= 15 is 0 Å². The van der Waals surface area contributed by atoms with Crippen LogP contribution in [0.25, 0.3) is 0 Å². The molecule has 0 radical (unpaired) electrons. The van der Waals surface area contributed by atoms with Crippen LogP contribution in [0.4, 0.5) is 0 Å². The fourth-order valence-corrected chi connectivity index (χ4v) is 7.70. The third-order valence-electron chi connectivity index (χ3n) is 10.1. The average molecular weight is 639 g/mol. The molecule has 246 valence electrons. The van der Waals surface area contributed by atoms with Crippen LogP contribution in [0, 0.1) is 0 Å². The predicted molar refractivity (Wildman–Crippen MR) is 176 cm³/mol. The second-order valence-electron chi connectivity index (χ2n) is 12.8. The fourth-order valence-electron chi connectivity index (χ4n) is 7.70. The molecule has 10 nitrogen and oxygen atoms in total. The van der Waals surface area contributed by atoms with E-state index in [0.29, 0.717) is 51.7 Å². The summed E-state index contributed by atoms with van der Waals surface area (Å²) in [6, 6.07) is 19.9. The zero-order chi connectivity index (χ0) is 33.1. The van der Waals surface area contributed by atoms with E-state index in [4.69, 9.17) is 4.74 Å². The van der Waals surface area contributed by atoms with E-state index in [1.165, 1.54) is 10.6 Å².